The standard InChI is InChI=1S/C9H9FN2O2S/c1-2-12-15(13,14)8-3-4-9(10)7(5-8)6-11/h3-5,12H,2H2,1H3. The van der Waals surface area contributed by atoms with Crippen molar-refractivity contribution >= 4 is 10.0 Å². The lowest BCUT2D eigenvalue weighted by molar-refractivity contribution is 0.582. The zero-order chi connectivity index (χ0) is 11.5. The zero-order valence-electron chi connectivity index (χ0n) is 7.99. The van der Waals surface area contributed by atoms with Crippen molar-refractivity contribution in [2.75, 3.05) is 6.54 Å². The Morgan fingerprint density at radius 1 is 1.53 bits per heavy atom. The van der Waals surface area contributed by atoms with Crippen molar-refractivity contribution < 1.29 is 12.8 Å². The van der Waals surface area contributed by atoms with E-state index >= 15 is 0 Å². The van der Waals surface area contributed by atoms with Crippen LogP contribution in [0.5, 0.6) is 0 Å². The van der Waals surface area contributed by atoms with E-state index in [9.17, 15) is 12.8 Å². The van der Waals surface area contributed by atoms with Crippen LogP contribution >= 0.6 is 0 Å². The first-order valence-corrected chi connectivity index (χ1v) is 5.69. The maximum atomic E-state index is 12.9. The molecule has 0 aromatic heterocycles. The molecular formula is C9H9FN2O2S. The van der Waals surface area contributed by atoms with Crippen LogP contribution in [0, 0.1) is 17.1 Å². The minimum Gasteiger partial charge on any atom is -0.211 e. The van der Waals surface area contributed by atoms with Gasteiger partial charge in [-0.25, -0.2) is 17.5 Å². The SMILES string of the molecule is CCNS(=O)(=O)c1ccc(F)c(C#N)c1. The Bertz CT molecular complexity index is 505. The van der Waals surface area contributed by atoms with Crippen LogP contribution in [0.4, 0.5) is 4.39 Å². The van der Waals surface area contributed by atoms with Crippen LogP contribution in [0.1, 0.15) is 12.5 Å². The molecule has 15 heavy (non-hydrogen) atoms. The zero-order valence-corrected chi connectivity index (χ0v) is 8.81. The fourth-order valence-corrected chi connectivity index (χ4v) is 2.10. The quantitative estimate of drug-likeness (QED) is 0.838. The molecule has 4 nitrogen and oxygen atoms in total. The van der Waals surface area contributed by atoms with Gasteiger partial charge in [0.05, 0.1) is 10.5 Å². The van der Waals surface area contributed by atoms with Crippen LogP contribution in [-0.4, -0.2) is 15.0 Å². The molecule has 6 heteroatoms. The summed E-state index contributed by atoms with van der Waals surface area (Å²) in [6, 6.07) is 4.67. The first-order chi connectivity index (χ1) is 7.01. The van der Waals surface area contributed by atoms with Gasteiger partial charge in [0.1, 0.15) is 11.9 Å². The number of nitrogens with zero attached hydrogens (tertiary/aromatic N) is 1. The summed E-state index contributed by atoms with van der Waals surface area (Å²) >= 11 is 0. The highest BCUT2D eigenvalue weighted by Gasteiger charge is 2.14. The molecule has 1 aromatic carbocycles. The minimum absolute atomic E-state index is 0.109. The number of hydrogen-bond acceptors (Lipinski definition) is 3. The summed E-state index contributed by atoms with van der Waals surface area (Å²) in [6.07, 6.45) is 0. The molecule has 0 fully saturated rings. The van der Waals surface area contributed by atoms with Crippen molar-refractivity contribution in [2.45, 2.75) is 11.8 Å². The van der Waals surface area contributed by atoms with Crippen LogP contribution in [0.25, 0.3) is 0 Å². The van der Waals surface area contributed by atoms with E-state index in [1.807, 2.05) is 0 Å². The fraction of sp³-hybridized carbons (Fsp3) is 0.222. The predicted molar refractivity (Wildman–Crippen MR) is 52.0 cm³/mol. The van der Waals surface area contributed by atoms with Crippen molar-refractivity contribution in [3.05, 3.63) is 29.6 Å². The summed E-state index contributed by atoms with van der Waals surface area (Å²) in [5.41, 5.74) is -0.283. The van der Waals surface area contributed by atoms with Gasteiger partial charge in [0.15, 0.2) is 0 Å². The second-order valence-electron chi connectivity index (χ2n) is 2.75. The van der Waals surface area contributed by atoms with Crippen molar-refractivity contribution in [3.8, 4) is 6.07 Å². The van der Waals surface area contributed by atoms with Crippen molar-refractivity contribution in [1.82, 2.24) is 4.72 Å². The third kappa shape index (κ3) is 2.52. The Labute approximate surface area is 87.4 Å². The van der Waals surface area contributed by atoms with Crippen LogP contribution in [0.15, 0.2) is 23.1 Å². The largest absolute Gasteiger partial charge is 0.240 e. The van der Waals surface area contributed by atoms with Crippen LogP contribution < -0.4 is 4.72 Å². The number of benzene rings is 1. The number of nitrogens with one attached hydrogen (secondary N) is 1. The minimum atomic E-state index is -3.63. The maximum Gasteiger partial charge on any atom is 0.240 e. The molecule has 1 rings (SSSR count). The molecule has 1 aromatic rings. The number of hydrogen-bond donors (Lipinski definition) is 1. The summed E-state index contributed by atoms with van der Waals surface area (Å²) in [7, 11) is -3.63. The van der Waals surface area contributed by atoms with Gasteiger partial charge >= 0.3 is 0 Å². The molecule has 0 amide bonds. The van der Waals surface area contributed by atoms with E-state index < -0.39 is 15.8 Å². The average molecular weight is 228 g/mol. The molecular weight excluding hydrogens is 219 g/mol. The molecule has 0 aliphatic heterocycles. The Balaban J connectivity index is 3.24. The third-order valence-corrected chi connectivity index (χ3v) is 3.25. The van der Waals surface area contributed by atoms with E-state index in [0.717, 1.165) is 18.2 Å². The number of sulfonamides is 1. The van der Waals surface area contributed by atoms with Crippen LogP contribution in [0.2, 0.25) is 0 Å². The predicted octanol–water partition coefficient (Wildman–Crippen LogP) is 0.996. The van der Waals surface area contributed by atoms with E-state index in [0.29, 0.717) is 0 Å². The van der Waals surface area contributed by atoms with Gasteiger partial charge in [0, 0.05) is 6.54 Å². The molecule has 0 saturated carbocycles. The molecule has 0 heterocycles. The highest BCUT2D eigenvalue weighted by Crippen LogP contribution is 2.13. The molecule has 0 aliphatic rings. The fourth-order valence-electron chi connectivity index (χ4n) is 1.03. The van der Waals surface area contributed by atoms with Gasteiger partial charge in [-0.05, 0) is 18.2 Å². The normalized spacial score (nSPS) is 11.0. The molecule has 0 spiro atoms. The first kappa shape index (κ1) is 11.6. The smallest absolute Gasteiger partial charge is 0.211 e. The maximum absolute atomic E-state index is 12.9. The van der Waals surface area contributed by atoms with Gasteiger partial charge in [-0.3, -0.25) is 0 Å². The second-order valence-corrected chi connectivity index (χ2v) is 4.52. The van der Waals surface area contributed by atoms with Gasteiger partial charge in [0.2, 0.25) is 10.0 Å². The van der Waals surface area contributed by atoms with Gasteiger partial charge in [0.25, 0.3) is 0 Å². The van der Waals surface area contributed by atoms with Gasteiger partial charge in [-0.15, -0.1) is 0 Å². The molecule has 0 radical (unpaired) electrons. The summed E-state index contributed by atoms with van der Waals surface area (Å²) in [6.45, 7) is 1.87. The topological polar surface area (TPSA) is 70.0 Å². The van der Waals surface area contributed by atoms with E-state index in [2.05, 4.69) is 4.72 Å². The Morgan fingerprint density at radius 2 is 2.20 bits per heavy atom. The molecule has 0 bridgehead atoms. The van der Waals surface area contributed by atoms with Crippen molar-refractivity contribution in [1.29, 1.82) is 5.26 Å². The van der Waals surface area contributed by atoms with Crippen LogP contribution in [-0.2, 0) is 10.0 Å². The van der Waals surface area contributed by atoms with E-state index in [1.165, 1.54) is 0 Å². The van der Waals surface area contributed by atoms with Gasteiger partial charge in [-0.2, -0.15) is 5.26 Å². The number of nitriles is 1. The lowest BCUT2D eigenvalue weighted by Crippen LogP contribution is -2.23. The lowest BCUT2D eigenvalue weighted by Gasteiger charge is -2.04. The number of halogens is 1. The highest BCUT2D eigenvalue weighted by molar-refractivity contribution is 7.89. The third-order valence-electron chi connectivity index (χ3n) is 1.70. The Kier molecular flexibility index (Phi) is 3.39. The van der Waals surface area contributed by atoms with E-state index in [1.54, 1.807) is 13.0 Å². The summed E-state index contributed by atoms with van der Waals surface area (Å²) < 4.78 is 38.1. The summed E-state index contributed by atoms with van der Waals surface area (Å²) in [4.78, 5) is -0.109. The lowest BCUT2D eigenvalue weighted by atomic mass is 10.2. The molecule has 0 unspecified atom stereocenters. The Morgan fingerprint density at radius 3 is 2.73 bits per heavy atom. The molecule has 0 atom stereocenters. The summed E-state index contributed by atoms with van der Waals surface area (Å²) in [5, 5.41) is 8.53. The van der Waals surface area contributed by atoms with Crippen molar-refractivity contribution in [2.24, 2.45) is 0 Å². The Hall–Kier alpha value is -1.45. The monoisotopic (exact) mass is 228 g/mol. The molecule has 0 saturated heterocycles. The van der Waals surface area contributed by atoms with Crippen LogP contribution in [0.3, 0.4) is 0 Å². The average Bonchev–Trinajstić information content (AvgIpc) is 2.18. The first-order valence-electron chi connectivity index (χ1n) is 4.20. The van der Waals surface area contributed by atoms with E-state index in [-0.39, 0.29) is 17.0 Å². The highest BCUT2D eigenvalue weighted by atomic mass is 32.2. The molecule has 1 N–H and O–H groups in total. The van der Waals surface area contributed by atoms with E-state index in [4.69, 9.17) is 5.26 Å². The molecule has 0 aliphatic carbocycles. The van der Waals surface area contributed by atoms with Crippen molar-refractivity contribution in [3.63, 3.8) is 0 Å². The molecule has 80 valence electrons. The van der Waals surface area contributed by atoms with Gasteiger partial charge < -0.3 is 0 Å². The number of rotatable bonds is 3. The second kappa shape index (κ2) is 4.38. The summed E-state index contributed by atoms with van der Waals surface area (Å²) in [5.74, 6) is -0.729. The van der Waals surface area contributed by atoms with Gasteiger partial charge in [-0.1, -0.05) is 6.92 Å².